The predicted molar refractivity (Wildman–Crippen MR) is 99.5 cm³/mol. The second-order valence-electron chi connectivity index (χ2n) is 6.51. The van der Waals surface area contributed by atoms with E-state index < -0.39 is 0 Å². The first-order valence-corrected chi connectivity index (χ1v) is 8.47. The zero-order chi connectivity index (χ0) is 16.9. The Hall–Kier alpha value is -2.49. The highest BCUT2D eigenvalue weighted by Crippen LogP contribution is 2.21. The third-order valence-electron chi connectivity index (χ3n) is 4.28. The molecule has 2 N–H and O–H groups in total. The summed E-state index contributed by atoms with van der Waals surface area (Å²) in [5, 5.41) is 0. The van der Waals surface area contributed by atoms with Crippen molar-refractivity contribution in [3.63, 3.8) is 0 Å². The molecule has 0 saturated heterocycles. The van der Waals surface area contributed by atoms with Gasteiger partial charge in [-0.25, -0.2) is 4.99 Å². The van der Waals surface area contributed by atoms with E-state index in [2.05, 4.69) is 78.3 Å². The van der Waals surface area contributed by atoms with Gasteiger partial charge in [0.1, 0.15) is 12.6 Å². The van der Waals surface area contributed by atoms with E-state index in [0.29, 0.717) is 18.7 Å². The van der Waals surface area contributed by atoms with E-state index in [1.54, 1.807) is 0 Å². The summed E-state index contributed by atoms with van der Waals surface area (Å²) in [6, 6.07) is 20.2. The fourth-order valence-electron chi connectivity index (χ4n) is 3.01. The molecular formula is C20H25N3O. The van der Waals surface area contributed by atoms with Gasteiger partial charge in [0.2, 0.25) is 0 Å². The van der Waals surface area contributed by atoms with E-state index in [4.69, 9.17) is 10.5 Å². The van der Waals surface area contributed by atoms with E-state index in [1.165, 1.54) is 16.8 Å². The number of aliphatic imine (C=N–C) groups is 1. The van der Waals surface area contributed by atoms with Crippen LogP contribution in [0.5, 0.6) is 0 Å². The molecule has 1 aliphatic heterocycles. The molecule has 1 heterocycles. The number of rotatable bonds is 6. The number of nitrogens with two attached hydrogens (primary N) is 1. The van der Waals surface area contributed by atoms with Crippen LogP contribution in [0.3, 0.4) is 0 Å². The van der Waals surface area contributed by atoms with Crippen LogP contribution < -0.4 is 10.6 Å². The van der Waals surface area contributed by atoms with Gasteiger partial charge in [0.05, 0.1) is 0 Å². The second-order valence-corrected chi connectivity index (χ2v) is 6.51. The molecule has 4 nitrogen and oxygen atoms in total. The van der Waals surface area contributed by atoms with Crippen molar-refractivity contribution < 1.29 is 4.74 Å². The van der Waals surface area contributed by atoms with E-state index in [9.17, 15) is 0 Å². The highest BCUT2D eigenvalue weighted by atomic mass is 16.5. The predicted octanol–water partition coefficient (Wildman–Crippen LogP) is 3.21. The van der Waals surface area contributed by atoms with Crippen LogP contribution >= 0.6 is 0 Å². The molecule has 0 aliphatic carbocycles. The van der Waals surface area contributed by atoms with Gasteiger partial charge in [-0.2, -0.15) is 0 Å². The normalized spacial score (nSPS) is 16.8. The van der Waals surface area contributed by atoms with Crippen molar-refractivity contribution in [2.75, 3.05) is 18.1 Å². The van der Waals surface area contributed by atoms with Gasteiger partial charge >= 0.3 is 0 Å². The molecule has 0 spiro atoms. The van der Waals surface area contributed by atoms with Crippen LogP contribution in [0, 0.1) is 0 Å². The smallest absolute Gasteiger partial charge is 0.282 e. The molecule has 0 saturated carbocycles. The molecule has 1 atom stereocenters. The molecule has 0 bridgehead atoms. The number of benzene rings is 2. The van der Waals surface area contributed by atoms with Gasteiger partial charge in [0, 0.05) is 18.3 Å². The first-order chi connectivity index (χ1) is 11.6. The van der Waals surface area contributed by atoms with Gasteiger partial charge in [-0.15, -0.1) is 0 Å². The van der Waals surface area contributed by atoms with Crippen molar-refractivity contribution in [1.29, 1.82) is 0 Å². The van der Waals surface area contributed by atoms with Crippen LogP contribution in [0.4, 0.5) is 5.69 Å². The van der Waals surface area contributed by atoms with Gasteiger partial charge in [-0.1, -0.05) is 42.5 Å². The molecule has 0 fully saturated rings. The summed E-state index contributed by atoms with van der Waals surface area (Å²) < 4.78 is 5.27. The highest BCUT2D eigenvalue weighted by Gasteiger charge is 2.21. The number of anilines is 1. The maximum atomic E-state index is 5.62. The number of hydrogen-bond acceptors (Lipinski definition) is 4. The summed E-state index contributed by atoms with van der Waals surface area (Å²) in [6.07, 6.45) is 0.958. The Kier molecular flexibility index (Phi) is 5.04. The van der Waals surface area contributed by atoms with Crippen LogP contribution in [0.2, 0.25) is 0 Å². The number of amidine groups is 1. The summed E-state index contributed by atoms with van der Waals surface area (Å²) in [4.78, 5) is 6.69. The Morgan fingerprint density at radius 3 is 2.33 bits per heavy atom. The fraction of sp³-hybridized carbons (Fsp3) is 0.350. The lowest BCUT2D eigenvalue weighted by Gasteiger charge is -2.30. The zero-order valence-electron chi connectivity index (χ0n) is 14.4. The van der Waals surface area contributed by atoms with E-state index in [1.807, 2.05) is 0 Å². The van der Waals surface area contributed by atoms with Crippen molar-refractivity contribution in [2.45, 2.75) is 32.4 Å². The molecular weight excluding hydrogens is 298 g/mol. The number of nitrogens with zero attached hydrogens (tertiary/aromatic N) is 2. The lowest BCUT2D eigenvalue weighted by Crippen LogP contribution is -2.37. The standard InChI is InChI=1S/C20H25N3O/c1-15(2)23(13-18-14-24-20(21)22-18)19-10-8-17(9-11-19)12-16-6-4-3-5-7-16/h3-11,15,18H,12-14H2,1-2H3,(H2,21,22)/t18-/m0/s1. The maximum Gasteiger partial charge on any atom is 0.282 e. The molecule has 0 radical (unpaired) electrons. The highest BCUT2D eigenvalue weighted by molar-refractivity contribution is 5.73. The minimum absolute atomic E-state index is 0.108. The summed E-state index contributed by atoms with van der Waals surface area (Å²) in [5.41, 5.74) is 9.48. The Bertz CT molecular complexity index is 680. The molecule has 2 aromatic rings. The molecule has 24 heavy (non-hydrogen) atoms. The quantitative estimate of drug-likeness (QED) is 0.888. The monoisotopic (exact) mass is 323 g/mol. The average molecular weight is 323 g/mol. The minimum atomic E-state index is 0.108. The Balaban J connectivity index is 1.70. The van der Waals surface area contributed by atoms with Crippen molar-refractivity contribution in [1.82, 2.24) is 0 Å². The molecule has 4 heteroatoms. The average Bonchev–Trinajstić information content (AvgIpc) is 2.99. The van der Waals surface area contributed by atoms with Gasteiger partial charge < -0.3 is 15.4 Å². The Morgan fingerprint density at radius 1 is 1.08 bits per heavy atom. The Morgan fingerprint density at radius 2 is 1.75 bits per heavy atom. The van der Waals surface area contributed by atoms with Crippen molar-refractivity contribution in [3.05, 3.63) is 65.7 Å². The molecule has 1 aliphatic rings. The van der Waals surface area contributed by atoms with Gasteiger partial charge in [0.15, 0.2) is 0 Å². The summed E-state index contributed by atoms with van der Waals surface area (Å²) in [6.45, 7) is 5.78. The van der Waals surface area contributed by atoms with E-state index >= 15 is 0 Å². The first kappa shape index (κ1) is 16.4. The summed E-state index contributed by atoms with van der Waals surface area (Å²) in [5.74, 6) is 0. The minimum Gasteiger partial charge on any atom is -0.463 e. The van der Waals surface area contributed by atoms with Crippen LogP contribution in [0.25, 0.3) is 0 Å². The van der Waals surface area contributed by atoms with Gasteiger partial charge in [-0.3, -0.25) is 0 Å². The van der Waals surface area contributed by atoms with Crippen molar-refractivity contribution >= 4 is 11.7 Å². The van der Waals surface area contributed by atoms with Crippen molar-refractivity contribution in [3.8, 4) is 0 Å². The molecule has 0 amide bonds. The third kappa shape index (κ3) is 4.07. The van der Waals surface area contributed by atoms with Gasteiger partial charge in [-0.05, 0) is 43.5 Å². The van der Waals surface area contributed by atoms with Crippen LogP contribution in [-0.4, -0.2) is 31.3 Å². The van der Waals surface area contributed by atoms with Crippen LogP contribution in [0.15, 0.2) is 59.6 Å². The topological polar surface area (TPSA) is 50.9 Å². The molecule has 126 valence electrons. The zero-order valence-corrected chi connectivity index (χ0v) is 14.4. The largest absolute Gasteiger partial charge is 0.463 e. The number of hydrogen-bond donors (Lipinski definition) is 1. The maximum absolute atomic E-state index is 5.62. The van der Waals surface area contributed by atoms with Crippen LogP contribution in [0.1, 0.15) is 25.0 Å². The molecule has 0 aromatic heterocycles. The fourth-order valence-corrected chi connectivity index (χ4v) is 3.01. The third-order valence-corrected chi connectivity index (χ3v) is 4.28. The van der Waals surface area contributed by atoms with Crippen LogP contribution in [-0.2, 0) is 11.2 Å². The SMILES string of the molecule is CC(C)N(C[C@H]1COC(N)=N1)c1ccc(Cc2ccccc2)cc1. The van der Waals surface area contributed by atoms with E-state index in [0.717, 1.165) is 13.0 Å². The molecule has 2 aromatic carbocycles. The summed E-state index contributed by atoms with van der Waals surface area (Å²) >= 11 is 0. The molecule has 0 unspecified atom stereocenters. The van der Waals surface area contributed by atoms with Gasteiger partial charge in [0.25, 0.3) is 6.02 Å². The van der Waals surface area contributed by atoms with E-state index in [-0.39, 0.29) is 6.04 Å². The lowest BCUT2D eigenvalue weighted by atomic mass is 10.0. The lowest BCUT2D eigenvalue weighted by molar-refractivity contribution is 0.312. The van der Waals surface area contributed by atoms with Crippen molar-refractivity contribution in [2.24, 2.45) is 10.7 Å². The second kappa shape index (κ2) is 7.39. The summed E-state index contributed by atoms with van der Waals surface area (Å²) in [7, 11) is 0. The first-order valence-electron chi connectivity index (χ1n) is 8.47. The molecule has 3 rings (SSSR count). The Labute approximate surface area is 144 Å². The number of ether oxygens (including phenoxy) is 1.